The first-order valence-electron chi connectivity index (χ1n) is 12.2. The maximum Gasteiger partial charge on any atom is 0.0626 e. The SMILES string of the molecule is CCCCCC[Si](C)(C)C1CC1(C)O.CCCCCC[Si](C)(C)C1CC1(C)O. The summed E-state index contributed by atoms with van der Waals surface area (Å²) in [6.07, 6.45) is 13.1. The Morgan fingerprint density at radius 3 is 1.14 bits per heavy atom. The predicted molar refractivity (Wildman–Crippen MR) is 131 cm³/mol. The van der Waals surface area contributed by atoms with E-state index in [1.807, 2.05) is 13.8 Å². The fourth-order valence-corrected chi connectivity index (χ4v) is 13.6. The van der Waals surface area contributed by atoms with Crippen molar-refractivity contribution in [1.82, 2.24) is 0 Å². The summed E-state index contributed by atoms with van der Waals surface area (Å²) in [7, 11) is -2.21. The zero-order valence-corrected chi connectivity index (χ0v) is 22.5. The molecule has 168 valence electrons. The zero-order chi connectivity index (χ0) is 21.6. The van der Waals surface area contributed by atoms with Crippen molar-refractivity contribution in [2.24, 2.45) is 0 Å². The van der Waals surface area contributed by atoms with Crippen molar-refractivity contribution in [2.75, 3.05) is 0 Å². The van der Waals surface area contributed by atoms with E-state index in [9.17, 15) is 10.2 Å². The Hall–Kier alpha value is 0.354. The standard InChI is InChI=1S/2C12H26OSi/c2*1-5-6-7-8-9-14(3,4)11-10-12(11,2)13/h2*11,13H,5-10H2,1-4H3. The molecule has 0 radical (unpaired) electrons. The molecule has 0 heterocycles. The highest BCUT2D eigenvalue weighted by Crippen LogP contribution is 2.57. The van der Waals surface area contributed by atoms with Gasteiger partial charge in [0.1, 0.15) is 0 Å². The molecule has 0 aromatic heterocycles. The first kappa shape index (κ1) is 26.4. The van der Waals surface area contributed by atoms with Crippen LogP contribution in [0.1, 0.15) is 91.9 Å². The molecule has 4 atom stereocenters. The highest BCUT2D eigenvalue weighted by atomic mass is 28.3. The smallest absolute Gasteiger partial charge is 0.0626 e. The van der Waals surface area contributed by atoms with E-state index in [0.717, 1.165) is 12.8 Å². The van der Waals surface area contributed by atoms with E-state index >= 15 is 0 Å². The summed E-state index contributed by atoms with van der Waals surface area (Å²) in [5.74, 6) is 0. The van der Waals surface area contributed by atoms with Crippen LogP contribution in [0.5, 0.6) is 0 Å². The molecule has 0 spiro atoms. The van der Waals surface area contributed by atoms with Gasteiger partial charge in [0.25, 0.3) is 0 Å². The second-order valence-electron chi connectivity index (χ2n) is 11.8. The first-order valence-corrected chi connectivity index (χ1v) is 18.8. The van der Waals surface area contributed by atoms with Crippen molar-refractivity contribution >= 4 is 16.1 Å². The van der Waals surface area contributed by atoms with Gasteiger partial charge in [-0.3, -0.25) is 0 Å². The molecule has 0 bridgehead atoms. The Morgan fingerprint density at radius 2 is 0.929 bits per heavy atom. The molecule has 2 fully saturated rings. The predicted octanol–water partition coefficient (Wildman–Crippen LogP) is 7.60. The van der Waals surface area contributed by atoms with Gasteiger partial charge in [0.05, 0.1) is 27.3 Å². The lowest BCUT2D eigenvalue weighted by molar-refractivity contribution is 0.170. The second-order valence-corrected chi connectivity index (χ2v) is 22.2. The van der Waals surface area contributed by atoms with Crippen molar-refractivity contribution < 1.29 is 10.2 Å². The average Bonchev–Trinajstić information content (AvgIpc) is 3.44. The molecule has 2 aliphatic carbocycles. The third-order valence-electron chi connectivity index (χ3n) is 7.65. The highest BCUT2D eigenvalue weighted by Gasteiger charge is 2.57. The molecule has 0 aromatic carbocycles. The quantitative estimate of drug-likeness (QED) is 0.248. The maximum absolute atomic E-state index is 9.86. The number of hydrogen-bond donors (Lipinski definition) is 2. The first-order chi connectivity index (χ1) is 12.8. The van der Waals surface area contributed by atoms with Gasteiger partial charge in [0.2, 0.25) is 0 Å². The van der Waals surface area contributed by atoms with Crippen LogP contribution in [0.2, 0.25) is 49.4 Å². The van der Waals surface area contributed by atoms with Crippen molar-refractivity contribution in [2.45, 2.75) is 152 Å². The molecule has 0 aliphatic heterocycles. The van der Waals surface area contributed by atoms with E-state index in [1.165, 1.54) is 63.5 Å². The molecule has 28 heavy (non-hydrogen) atoms. The van der Waals surface area contributed by atoms with Gasteiger partial charge in [-0.1, -0.05) is 103 Å². The van der Waals surface area contributed by atoms with Gasteiger partial charge in [-0.25, -0.2) is 0 Å². The summed E-state index contributed by atoms with van der Waals surface area (Å²) in [4.78, 5) is 0. The fourth-order valence-electron chi connectivity index (χ4n) is 5.31. The monoisotopic (exact) mass is 428 g/mol. The van der Waals surface area contributed by atoms with Crippen LogP contribution in [0.4, 0.5) is 0 Å². The average molecular weight is 429 g/mol. The van der Waals surface area contributed by atoms with Gasteiger partial charge < -0.3 is 10.2 Å². The van der Waals surface area contributed by atoms with E-state index < -0.39 is 16.1 Å². The molecule has 2 rings (SSSR count). The minimum atomic E-state index is -1.10. The second kappa shape index (κ2) is 10.6. The molecule has 2 saturated carbocycles. The Balaban J connectivity index is 0.000000280. The third kappa shape index (κ3) is 8.61. The summed E-state index contributed by atoms with van der Waals surface area (Å²) in [6, 6.07) is 2.82. The molecule has 2 nitrogen and oxygen atoms in total. The number of hydrogen-bond acceptors (Lipinski definition) is 2. The zero-order valence-electron chi connectivity index (χ0n) is 20.5. The molecule has 2 N–H and O–H groups in total. The summed E-state index contributed by atoms with van der Waals surface area (Å²) in [5, 5.41) is 19.7. The van der Waals surface area contributed by atoms with Gasteiger partial charge in [-0.05, 0) is 37.8 Å². The molecule has 4 unspecified atom stereocenters. The Kier molecular flexibility index (Phi) is 9.98. The van der Waals surface area contributed by atoms with Crippen molar-refractivity contribution in [1.29, 1.82) is 0 Å². The van der Waals surface area contributed by atoms with Crippen LogP contribution in [0.3, 0.4) is 0 Å². The van der Waals surface area contributed by atoms with Gasteiger partial charge >= 0.3 is 0 Å². The lowest BCUT2D eigenvalue weighted by atomic mass is 10.2. The van der Waals surface area contributed by atoms with Crippen molar-refractivity contribution in [3.63, 3.8) is 0 Å². The van der Waals surface area contributed by atoms with Gasteiger partial charge in [0.15, 0.2) is 0 Å². The van der Waals surface area contributed by atoms with Gasteiger partial charge in [0, 0.05) is 0 Å². The normalized spacial score (nSPS) is 31.9. The molecule has 4 heteroatoms. The van der Waals surface area contributed by atoms with Gasteiger partial charge in [-0.2, -0.15) is 0 Å². The van der Waals surface area contributed by atoms with Crippen molar-refractivity contribution in [3.05, 3.63) is 0 Å². The Bertz CT molecular complexity index is 416. The van der Waals surface area contributed by atoms with E-state index in [0.29, 0.717) is 11.1 Å². The minimum Gasteiger partial charge on any atom is -0.390 e. The Morgan fingerprint density at radius 1 is 0.643 bits per heavy atom. The topological polar surface area (TPSA) is 40.5 Å². The third-order valence-corrected chi connectivity index (χ3v) is 16.4. The minimum absolute atomic E-state index is 0.291. The molecule has 0 aromatic rings. The molecular formula is C24H52O2Si2. The van der Waals surface area contributed by atoms with Crippen LogP contribution < -0.4 is 0 Å². The fraction of sp³-hybridized carbons (Fsp3) is 1.00. The lowest BCUT2D eigenvalue weighted by Gasteiger charge is -2.23. The van der Waals surface area contributed by atoms with Crippen LogP contribution >= 0.6 is 0 Å². The summed E-state index contributed by atoms with van der Waals surface area (Å²) in [6.45, 7) is 18.3. The lowest BCUT2D eigenvalue weighted by Crippen LogP contribution is -2.29. The largest absolute Gasteiger partial charge is 0.390 e. The summed E-state index contributed by atoms with van der Waals surface area (Å²) in [5.41, 5.74) is 0.772. The molecule has 0 amide bonds. The number of aliphatic hydroxyl groups is 2. The van der Waals surface area contributed by atoms with Crippen LogP contribution in [-0.4, -0.2) is 37.6 Å². The van der Waals surface area contributed by atoms with E-state index in [1.54, 1.807) is 0 Å². The molecular weight excluding hydrogens is 376 g/mol. The number of rotatable bonds is 12. The summed E-state index contributed by atoms with van der Waals surface area (Å²) < 4.78 is 0. The van der Waals surface area contributed by atoms with Crippen LogP contribution in [0.15, 0.2) is 0 Å². The molecule has 2 aliphatic rings. The van der Waals surface area contributed by atoms with Crippen molar-refractivity contribution in [3.8, 4) is 0 Å². The van der Waals surface area contributed by atoms with E-state index in [2.05, 4.69) is 40.0 Å². The van der Waals surface area contributed by atoms with Gasteiger partial charge in [-0.15, -0.1) is 0 Å². The van der Waals surface area contributed by atoms with E-state index in [-0.39, 0.29) is 11.2 Å². The van der Waals surface area contributed by atoms with Crippen LogP contribution in [0.25, 0.3) is 0 Å². The van der Waals surface area contributed by atoms with Crippen LogP contribution in [0, 0.1) is 0 Å². The Labute approximate surface area is 178 Å². The number of unbranched alkanes of at least 4 members (excludes halogenated alkanes) is 6. The maximum atomic E-state index is 9.86. The van der Waals surface area contributed by atoms with Crippen LogP contribution in [-0.2, 0) is 0 Å². The summed E-state index contributed by atoms with van der Waals surface area (Å²) >= 11 is 0. The van der Waals surface area contributed by atoms with E-state index in [4.69, 9.17) is 0 Å². The highest BCUT2D eigenvalue weighted by molar-refractivity contribution is 6.80. The molecule has 0 saturated heterocycles.